The zero-order chi connectivity index (χ0) is 28.5. The molecule has 11 heteroatoms. The Morgan fingerprint density at radius 2 is 1.90 bits per heavy atom. The Bertz CT molecular complexity index is 1390. The van der Waals surface area contributed by atoms with Gasteiger partial charge in [-0.05, 0) is 58.6 Å². The Morgan fingerprint density at radius 1 is 1.18 bits per heavy atom. The summed E-state index contributed by atoms with van der Waals surface area (Å²) in [6.07, 6.45) is -0.0166. The summed E-state index contributed by atoms with van der Waals surface area (Å²) in [5, 5.41) is 14.4. The van der Waals surface area contributed by atoms with Crippen LogP contribution in [0.25, 0.3) is 10.4 Å². The Morgan fingerprint density at radius 3 is 2.58 bits per heavy atom. The number of hydrogen-bond donors (Lipinski definition) is 2. The molecule has 3 aromatic carbocycles. The van der Waals surface area contributed by atoms with Gasteiger partial charge in [-0.1, -0.05) is 57.4 Å². The lowest BCUT2D eigenvalue weighted by Gasteiger charge is -2.32. The lowest BCUT2D eigenvalue weighted by atomic mass is 9.80. The predicted molar refractivity (Wildman–Crippen MR) is 156 cm³/mol. The van der Waals surface area contributed by atoms with Gasteiger partial charge in [0.15, 0.2) is 11.6 Å². The number of aliphatic hydroxyl groups excluding tert-OH is 1. The molecular formula is C29H31BrN6O4. The lowest BCUT2D eigenvalue weighted by Crippen LogP contribution is -2.53. The van der Waals surface area contributed by atoms with Crippen molar-refractivity contribution in [2.24, 2.45) is 10.1 Å². The van der Waals surface area contributed by atoms with Crippen LogP contribution >= 0.6 is 15.9 Å². The van der Waals surface area contributed by atoms with Crippen molar-refractivity contribution in [3.8, 4) is 5.75 Å². The molecule has 0 unspecified atom stereocenters. The SMILES string of the molecule is CN(C)NC(=O)[C@@]1(Cc2ccc(Br)cc2)N=C(c2ccc(OCCCO)cc2)O[C@H]1c1ccccc1CN=[N+]=[N-]. The number of carbonyl (C=O) groups is 1. The molecule has 0 radical (unpaired) electrons. The van der Waals surface area contributed by atoms with Gasteiger partial charge >= 0.3 is 0 Å². The standard InChI is InChI=1S/C29H31BrN6O4/c1-36(2)34-28(38)29(18-20-8-12-23(30)13-9-20)26(25-7-4-3-6-22(25)19-32-35-31)40-27(33-29)21-10-14-24(15-11-21)39-17-5-16-37/h3-4,6-15,26,37H,5,16-19H2,1-2H3,(H,34,38)/t26-,29-/m0/s1. The van der Waals surface area contributed by atoms with Gasteiger partial charge in [0, 0.05) is 48.5 Å². The fourth-order valence-electron chi connectivity index (χ4n) is 4.51. The average Bonchev–Trinajstić information content (AvgIpc) is 3.34. The molecule has 0 aliphatic carbocycles. The number of amides is 1. The fourth-order valence-corrected chi connectivity index (χ4v) is 4.78. The maximum Gasteiger partial charge on any atom is 0.266 e. The van der Waals surface area contributed by atoms with E-state index in [1.165, 1.54) is 0 Å². The van der Waals surface area contributed by atoms with Gasteiger partial charge in [0.2, 0.25) is 5.90 Å². The summed E-state index contributed by atoms with van der Waals surface area (Å²) in [4.78, 5) is 22.0. The van der Waals surface area contributed by atoms with Crippen molar-refractivity contribution >= 4 is 27.7 Å². The van der Waals surface area contributed by atoms with Gasteiger partial charge in [-0.25, -0.2) is 10.0 Å². The van der Waals surface area contributed by atoms with Gasteiger partial charge in [0.1, 0.15) is 5.75 Å². The quantitative estimate of drug-likeness (QED) is 0.0971. The van der Waals surface area contributed by atoms with E-state index in [1.807, 2.05) is 60.7 Å². The van der Waals surface area contributed by atoms with Gasteiger partial charge in [-0.2, -0.15) is 0 Å². The molecule has 2 atom stereocenters. The molecule has 40 heavy (non-hydrogen) atoms. The van der Waals surface area contributed by atoms with Crippen molar-refractivity contribution in [2.75, 3.05) is 27.3 Å². The van der Waals surface area contributed by atoms with E-state index in [2.05, 4.69) is 31.4 Å². The van der Waals surface area contributed by atoms with Crippen molar-refractivity contribution < 1.29 is 19.4 Å². The summed E-state index contributed by atoms with van der Waals surface area (Å²) < 4.78 is 13.1. The highest BCUT2D eigenvalue weighted by molar-refractivity contribution is 9.10. The lowest BCUT2D eigenvalue weighted by molar-refractivity contribution is -0.132. The summed E-state index contributed by atoms with van der Waals surface area (Å²) in [5.74, 6) is 0.637. The number of ether oxygens (including phenoxy) is 2. The third-order valence-corrected chi connectivity index (χ3v) is 6.91. The number of halogens is 1. The van der Waals surface area contributed by atoms with Gasteiger partial charge in [-0.15, -0.1) is 0 Å². The molecule has 1 aliphatic rings. The molecule has 208 valence electrons. The van der Waals surface area contributed by atoms with Crippen LogP contribution in [0.4, 0.5) is 0 Å². The molecule has 0 fully saturated rings. The number of carbonyl (C=O) groups excluding carboxylic acids is 1. The maximum atomic E-state index is 14.1. The van der Waals surface area contributed by atoms with E-state index in [9.17, 15) is 4.79 Å². The molecule has 0 bridgehead atoms. The van der Waals surface area contributed by atoms with Crippen molar-refractivity contribution in [1.82, 2.24) is 10.4 Å². The number of rotatable bonds is 12. The van der Waals surface area contributed by atoms with Crippen LogP contribution in [0.3, 0.4) is 0 Å². The summed E-state index contributed by atoms with van der Waals surface area (Å²) in [7, 11) is 3.48. The topological polar surface area (TPSA) is 132 Å². The molecule has 1 amide bonds. The number of benzene rings is 3. The van der Waals surface area contributed by atoms with Crippen molar-refractivity contribution in [1.29, 1.82) is 0 Å². The Labute approximate surface area is 241 Å². The fraction of sp³-hybridized carbons (Fsp3) is 0.310. The minimum absolute atomic E-state index is 0.0563. The number of aliphatic imine (C=N–C) groups is 1. The molecular weight excluding hydrogens is 576 g/mol. The molecule has 1 heterocycles. The molecule has 0 aromatic heterocycles. The molecule has 0 saturated heterocycles. The molecule has 0 saturated carbocycles. The molecule has 1 aliphatic heterocycles. The molecule has 4 rings (SSSR count). The molecule has 2 N–H and O–H groups in total. The van der Waals surface area contributed by atoms with Crippen LogP contribution in [0.2, 0.25) is 0 Å². The smallest absolute Gasteiger partial charge is 0.266 e. The van der Waals surface area contributed by atoms with Crippen molar-refractivity contribution in [3.63, 3.8) is 0 Å². The maximum absolute atomic E-state index is 14.1. The zero-order valence-corrected chi connectivity index (χ0v) is 23.9. The second-order valence-corrected chi connectivity index (χ2v) is 10.4. The molecule has 0 spiro atoms. The second-order valence-electron chi connectivity index (χ2n) is 9.52. The van der Waals surface area contributed by atoms with E-state index < -0.39 is 11.6 Å². The first-order chi connectivity index (χ1) is 19.4. The second kappa shape index (κ2) is 13.5. The summed E-state index contributed by atoms with van der Waals surface area (Å²) in [5.41, 5.74) is 13.5. The van der Waals surface area contributed by atoms with E-state index in [0.29, 0.717) is 35.8 Å². The number of azide groups is 1. The van der Waals surface area contributed by atoms with Gasteiger partial charge < -0.3 is 14.6 Å². The summed E-state index contributed by atoms with van der Waals surface area (Å²) >= 11 is 3.48. The van der Waals surface area contributed by atoms with E-state index in [4.69, 9.17) is 25.1 Å². The van der Waals surface area contributed by atoms with Crippen LogP contribution < -0.4 is 10.2 Å². The van der Waals surface area contributed by atoms with Crippen LogP contribution in [-0.2, 0) is 22.5 Å². The van der Waals surface area contributed by atoms with E-state index in [1.54, 1.807) is 31.2 Å². The zero-order valence-electron chi connectivity index (χ0n) is 22.3. The van der Waals surface area contributed by atoms with Crippen LogP contribution in [0.5, 0.6) is 5.75 Å². The van der Waals surface area contributed by atoms with Crippen LogP contribution in [0, 0.1) is 0 Å². The molecule has 3 aromatic rings. The highest BCUT2D eigenvalue weighted by atomic mass is 79.9. The Hall–Kier alpha value is -3.89. The molecule has 10 nitrogen and oxygen atoms in total. The summed E-state index contributed by atoms with van der Waals surface area (Å²) in [6, 6.07) is 22.5. The minimum atomic E-state index is -1.38. The number of nitrogens with zero attached hydrogens (tertiary/aromatic N) is 5. The highest BCUT2D eigenvalue weighted by Crippen LogP contribution is 2.44. The monoisotopic (exact) mass is 606 g/mol. The number of hydrogen-bond acceptors (Lipinski definition) is 7. The third kappa shape index (κ3) is 6.81. The highest BCUT2D eigenvalue weighted by Gasteiger charge is 2.54. The van der Waals surface area contributed by atoms with E-state index in [0.717, 1.165) is 15.6 Å². The number of nitrogens with one attached hydrogen (secondary N) is 1. The first kappa shape index (κ1) is 29.1. The normalized spacial score (nSPS) is 18.0. The minimum Gasteiger partial charge on any atom is -0.494 e. The largest absolute Gasteiger partial charge is 0.494 e. The van der Waals surface area contributed by atoms with E-state index >= 15 is 0 Å². The first-order valence-electron chi connectivity index (χ1n) is 12.8. The Balaban J connectivity index is 1.83. The van der Waals surface area contributed by atoms with Gasteiger partial charge in [0.05, 0.1) is 13.2 Å². The van der Waals surface area contributed by atoms with Crippen LogP contribution in [0.15, 0.2) is 87.4 Å². The Kier molecular flexibility index (Phi) is 9.79. The first-order valence-corrected chi connectivity index (χ1v) is 13.6. The number of aliphatic hydroxyl groups is 1. The summed E-state index contributed by atoms with van der Waals surface area (Å²) in [6.45, 7) is 0.560. The van der Waals surface area contributed by atoms with E-state index in [-0.39, 0.29) is 25.5 Å². The van der Waals surface area contributed by atoms with Crippen molar-refractivity contribution in [3.05, 3.63) is 110 Å². The number of hydrazine groups is 1. The van der Waals surface area contributed by atoms with Crippen LogP contribution in [0.1, 0.15) is 34.8 Å². The van der Waals surface area contributed by atoms with Crippen LogP contribution in [-0.4, -0.2) is 54.8 Å². The third-order valence-electron chi connectivity index (χ3n) is 6.38. The average molecular weight is 608 g/mol. The van der Waals surface area contributed by atoms with Crippen molar-refractivity contribution in [2.45, 2.75) is 31.0 Å². The van der Waals surface area contributed by atoms with Gasteiger partial charge in [0.25, 0.3) is 5.91 Å². The predicted octanol–water partition coefficient (Wildman–Crippen LogP) is 5.11. The van der Waals surface area contributed by atoms with Gasteiger partial charge in [-0.3, -0.25) is 10.2 Å².